The number of hydrogen-bond donors (Lipinski definition) is 3. The molecule has 0 heterocycles. The van der Waals surface area contributed by atoms with Crippen molar-refractivity contribution < 1.29 is 24.2 Å². The molecule has 0 aliphatic carbocycles. The smallest absolute Gasteiger partial charge is 0.325 e. The van der Waals surface area contributed by atoms with Crippen molar-refractivity contribution in [3.8, 4) is 11.1 Å². The molecule has 0 saturated heterocycles. The Bertz CT molecular complexity index is 925. The van der Waals surface area contributed by atoms with Gasteiger partial charge >= 0.3 is 5.97 Å². The number of aryl methyl sites for hydroxylation is 1. The fourth-order valence-corrected chi connectivity index (χ4v) is 3.31. The van der Waals surface area contributed by atoms with Crippen LogP contribution in [0.5, 0.6) is 0 Å². The highest BCUT2D eigenvalue weighted by Crippen LogP contribution is 2.21. The molecular weight excluding hydrogens is 432 g/mol. The van der Waals surface area contributed by atoms with E-state index in [9.17, 15) is 14.4 Å². The maximum Gasteiger partial charge on any atom is 0.325 e. The van der Waals surface area contributed by atoms with Crippen molar-refractivity contribution in [1.29, 1.82) is 0 Å². The van der Waals surface area contributed by atoms with Crippen molar-refractivity contribution in [2.75, 3.05) is 13.2 Å². The van der Waals surface area contributed by atoms with Gasteiger partial charge in [-0.2, -0.15) is 0 Å². The van der Waals surface area contributed by atoms with E-state index in [0.29, 0.717) is 12.2 Å². The summed E-state index contributed by atoms with van der Waals surface area (Å²) in [7, 11) is 0. The number of unbranched alkanes of at least 4 members (excludes halogenated alkanes) is 2. The first-order valence-electron chi connectivity index (χ1n) is 12.0. The van der Waals surface area contributed by atoms with Gasteiger partial charge in [-0.25, -0.2) is 0 Å². The molecule has 184 valence electrons. The van der Waals surface area contributed by atoms with Gasteiger partial charge in [-0.1, -0.05) is 63.1 Å². The molecule has 0 aliphatic heterocycles. The molecule has 0 bridgehead atoms. The minimum Gasteiger partial charge on any atom is -0.480 e. The topological polar surface area (TPSA) is 105 Å². The number of carboxylic acid groups (broad SMARTS) is 1. The van der Waals surface area contributed by atoms with E-state index in [2.05, 4.69) is 41.8 Å². The van der Waals surface area contributed by atoms with Gasteiger partial charge in [-0.05, 0) is 55.0 Å². The van der Waals surface area contributed by atoms with Gasteiger partial charge in [0.05, 0.1) is 6.61 Å². The van der Waals surface area contributed by atoms with Crippen molar-refractivity contribution in [1.82, 2.24) is 10.6 Å². The van der Waals surface area contributed by atoms with Gasteiger partial charge in [-0.15, -0.1) is 0 Å². The third kappa shape index (κ3) is 8.63. The molecule has 0 aliphatic rings. The summed E-state index contributed by atoms with van der Waals surface area (Å²) in [5, 5.41) is 14.1. The fraction of sp³-hybridized carbons (Fsp3) is 0.444. The first kappa shape index (κ1) is 27.1. The van der Waals surface area contributed by atoms with Crippen LogP contribution < -0.4 is 10.6 Å². The molecule has 0 spiro atoms. The predicted molar refractivity (Wildman–Crippen MR) is 133 cm³/mol. The zero-order valence-corrected chi connectivity index (χ0v) is 20.3. The Morgan fingerprint density at radius 1 is 0.882 bits per heavy atom. The zero-order valence-electron chi connectivity index (χ0n) is 20.3. The summed E-state index contributed by atoms with van der Waals surface area (Å²) < 4.78 is 5.52. The highest BCUT2D eigenvalue weighted by molar-refractivity contribution is 5.98. The molecule has 7 nitrogen and oxygen atoms in total. The molecule has 0 aromatic heterocycles. The predicted octanol–water partition coefficient (Wildman–Crippen LogP) is 4.20. The summed E-state index contributed by atoms with van der Waals surface area (Å²) in [4.78, 5) is 36.4. The molecule has 0 fully saturated rings. The first-order chi connectivity index (χ1) is 16.3. The lowest BCUT2D eigenvalue weighted by Gasteiger charge is -2.20. The molecule has 3 N–H and O–H groups in total. The van der Waals surface area contributed by atoms with Crippen LogP contribution in [0.25, 0.3) is 11.1 Å². The summed E-state index contributed by atoms with van der Waals surface area (Å²) >= 11 is 0. The molecule has 7 heteroatoms. The van der Waals surface area contributed by atoms with Crippen LogP contribution in [-0.2, 0) is 20.7 Å². The lowest BCUT2D eigenvalue weighted by molar-refractivity contribution is -0.141. The van der Waals surface area contributed by atoms with Gasteiger partial charge in [0.2, 0.25) is 5.91 Å². The molecule has 2 amide bonds. The number of carbonyl (C=O) groups is 3. The van der Waals surface area contributed by atoms with Crippen LogP contribution in [0.15, 0.2) is 48.5 Å². The number of amides is 2. The zero-order chi connectivity index (χ0) is 24.9. The SMILES string of the molecule is CCCCOC[C@@H](NC(=O)c1ccc(-c2ccc(CCCC)cc2)cc1)C(=O)N[C@H](C)C(=O)O. The van der Waals surface area contributed by atoms with Crippen molar-refractivity contribution >= 4 is 17.8 Å². The largest absolute Gasteiger partial charge is 0.480 e. The fourth-order valence-electron chi connectivity index (χ4n) is 3.31. The summed E-state index contributed by atoms with van der Waals surface area (Å²) in [5.74, 6) is -2.18. The van der Waals surface area contributed by atoms with Gasteiger partial charge in [-0.3, -0.25) is 14.4 Å². The lowest BCUT2D eigenvalue weighted by Crippen LogP contribution is -2.52. The van der Waals surface area contributed by atoms with E-state index in [-0.39, 0.29) is 6.61 Å². The number of aliphatic carboxylic acids is 1. The van der Waals surface area contributed by atoms with Crippen molar-refractivity contribution in [3.63, 3.8) is 0 Å². The molecule has 2 rings (SSSR count). The third-order valence-electron chi connectivity index (χ3n) is 5.53. The van der Waals surface area contributed by atoms with Crippen LogP contribution in [0.4, 0.5) is 0 Å². The monoisotopic (exact) mass is 468 g/mol. The number of carbonyl (C=O) groups excluding carboxylic acids is 2. The van der Waals surface area contributed by atoms with Crippen LogP contribution in [0, 0.1) is 0 Å². The Hall–Kier alpha value is -3.19. The lowest BCUT2D eigenvalue weighted by atomic mass is 10.0. The van der Waals surface area contributed by atoms with E-state index < -0.39 is 29.9 Å². The molecule has 0 saturated carbocycles. The highest BCUT2D eigenvalue weighted by atomic mass is 16.5. The Morgan fingerprint density at radius 2 is 1.47 bits per heavy atom. The van der Waals surface area contributed by atoms with Gasteiger partial charge in [0.25, 0.3) is 5.91 Å². The molecule has 2 atom stereocenters. The number of nitrogens with one attached hydrogen (secondary N) is 2. The maximum atomic E-state index is 12.8. The van der Waals surface area contributed by atoms with Gasteiger partial charge < -0.3 is 20.5 Å². The Morgan fingerprint density at radius 3 is 2.03 bits per heavy atom. The second kappa shape index (κ2) is 14.2. The second-order valence-corrected chi connectivity index (χ2v) is 8.40. The quantitative estimate of drug-likeness (QED) is 0.361. The average molecular weight is 469 g/mol. The van der Waals surface area contributed by atoms with Crippen LogP contribution in [0.2, 0.25) is 0 Å². The van der Waals surface area contributed by atoms with Crippen molar-refractivity contribution in [2.24, 2.45) is 0 Å². The van der Waals surface area contributed by atoms with Crippen LogP contribution in [0.3, 0.4) is 0 Å². The molecule has 0 radical (unpaired) electrons. The minimum atomic E-state index is -1.15. The summed E-state index contributed by atoms with van der Waals surface area (Å²) in [6, 6.07) is 13.5. The Labute approximate surface area is 201 Å². The Kier molecular flexibility index (Phi) is 11.3. The average Bonchev–Trinajstić information content (AvgIpc) is 2.84. The van der Waals surface area contributed by atoms with E-state index in [1.165, 1.54) is 18.9 Å². The number of benzene rings is 2. The van der Waals surface area contributed by atoms with Crippen molar-refractivity contribution in [3.05, 3.63) is 59.7 Å². The Balaban J connectivity index is 2.05. The van der Waals surface area contributed by atoms with Crippen LogP contribution >= 0.6 is 0 Å². The van der Waals surface area contributed by atoms with Gasteiger partial charge in [0.15, 0.2) is 0 Å². The normalized spacial score (nSPS) is 12.6. The highest BCUT2D eigenvalue weighted by Gasteiger charge is 2.25. The summed E-state index contributed by atoms with van der Waals surface area (Å²) in [5.41, 5.74) is 3.77. The van der Waals surface area contributed by atoms with E-state index >= 15 is 0 Å². The van der Waals surface area contributed by atoms with Gasteiger partial charge in [0, 0.05) is 12.2 Å². The van der Waals surface area contributed by atoms with E-state index in [4.69, 9.17) is 9.84 Å². The van der Waals surface area contributed by atoms with Gasteiger partial charge in [0.1, 0.15) is 12.1 Å². The van der Waals surface area contributed by atoms with E-state index in [1.807, 2.05) is 19.1 Å². The molecule has 0 unspecified atom stereocenters. The van der Waals surface area contributed by atoms with Crippen LogP contribution in [0.1, 0.15) is 62.4 Å². The molecular formula is C27H36N2O5. The van der Waals surface area contributed by atoms with E-state index in [0.717, 1.165) is 36.8 Å². The first-order valence-corrected chi connectivity index (χ1v) is 12.0. The van der Waals surface area contributed by atoms with E-state index in [1.54, 1.807) is 12.1 Å². The summed E-state index contributed by atoms with van der Waals surface area (Å²) in [6.45, 7) is 5.99. The third-order valence-corrected chi connectivity index (χ3v) is 5.53. The number of carboxylic acids is 1. The summed E-state index contributed by atoms with van der Waals surface area (Å²) in [6.07, 6.45) is 5.16. The minimum absolute atomic E-state index is 0.0353. The second-order valence-electron chi connectivity index (χ2n) is 8.40. The molecule has 2 aromatic carbocycles. The number of hydrogen-bond acceptors (Lipinski definition) is 4. The number of rotatable bonds is 14. The maximum absolute atomic E-state index is 12.8. The van der Waals surface area contributed by atoms with Crippen molar-refractivity contribution in [2.45, 2.75) is 65.0 Å². The number of ether oxygens (including phenoxy) is 1. The standard InChI is InChI=1S/C27H36N2O5/c1-4-6-8-20-9-11-21(12-10-20)22-13-15-23(16-14-22)25(30)29-24(18-34-17-7-5-2)26(31)28-19(3)27(32)33/h9-16,19,24H,4-8,17-18H2,1-3H3,(H,28,31)(H,29,30)(H,32,33)/t19-,24-/m1/s1. The van der Waals surface area contributed by atoms with Crippen LogP contribution in [-0.4, -0.2) is 48.2 Å². The molecule has 34 heavy (non-hydrogen) atoms. The molecule has 2 aromatic rings.